The Morgan fingerprint density at radius 1 is 1.17 bits per heavy atom. The lowest BCUT2D eigenvalue weighted by molar-refractivity contribution is -0.0344. The molecular formula is C26H33FN4O4. The summed E-state index contributed by atoms with van der Waals surface area (Å²) in [6.45, 7) is 4.52. The Labute approximate surface area is 205 Å². The third-order valence-corrected chi connectivity index (χ3v) is 6.89. The molecule has 35 heavy (non-hydrogen) atoms. The van der Waals surface area contributed by atoms with Crippen molar-refractivity contribution in [1.82, 2.24) is 9.80 Å². The number of carbonyl (C=O) groups excluding carboxylic acids is 2. The van der Waals surface area contributed by atoms with E-state index in [-0.39, 0.29) is 12.0 Å². The molecule has 2 aliphatic heterocycles. The monoisotopic (exact) mass is 484 g/mol. The lowest BCUT2D eigenvalue weighted by Gasteiger charge is -2.38. The number of hydrogen-bond acceptors (Lipinski definition) is 6. The van der Waals surface area contributed by atoms with E-state index in [1.807, 2.05) is 4.90 Å². The second-order valence-electron chi connectivity index (χ2n) is 9.32. The molecule has 1 atom stereocenters. The molecule has 0 saturated carbocycles. The van der Waals surface area contributed by atoms with Gasteiger partial charge in [-0.25, -0.2) is 4.39 Å². The Morgan fingerprint density at radius 3 is 2.63 bits per heavy atom. The van der Waals surface area contributed by atoms with Crippen LogP contribution in [0.1, 0.15) is 39.1 Å². The number of carbonyl (C=O) groups is 2. The molecule has 0 spiro atoms. The Hall–Kier alpha value is -3.17. The Morgan fingerprint density at radius 2 is 1.94 bits per heavy atom. The van der Waals surface area contributed by atoms with Crippen LogP contribution < -0.4 is 16.2 Å². The van der Waals surface area contributed by atoms with Gasteiger partial charge < -0.3 is 25.8 Å². The number of nitrogen functional groups attached to an aromatic ring is 1. The van der Waals surface area contributed by atoms with Gasteiger partial charge in [0.2, 0.25) is 0 Å². The zero-order valence-electron chi connectivity index (χ0n) is 20.0. The number of primary amides is 1. The predicted octanol–water partition coefficient (Wildman–Crippen LogP) is 2.31. The van der Waals surface area contributed by atoms with E-state index in [0.717, 1.165) is 38.0 Å². The zero-order valence-corrected chi connectivity index (χ0v) is 20.0. The number of anilines is 1. The van der Waals surface area contributed by atoms with E-state index in [1.165, 1.54) is 19.2 Å². The fourth-order valence-electron chi connectivity index (χ4n) is 4.98. The highest BCUT2D eigenvalue weighted by Crippen LogP contribution is 2.28. The summed E-state index contributed by atoms with van der Waals surface area (Å²) in [4.78, 5) is 28.7. The SMILES string of the molecule is COc1cc(N)c(CC2CN(CC3CCN(C(=O)c4cccc(F)c4)CC3)CCO2)cc1C(N)=O. The average Bonchev–Trinajstić information content (AvgIpc) is 2.85. The number of amides is 2. The normalized spacial score (nSPS) is 19.5. The molecule has 2 aliphatic rings. The van der Waals surface area contributed by atoms with Crippen LogP contribution >= 0.6 is 0 Å². The summed E-state index contributed by atoms with van der Waals surface area (Å²) in [5.74, 6) is -0.210. The summed E-state index contributed by atoms with van der Waals surface area (Å²) >= 11 is 0. The molecule has 0 aliphatic carbocycles. The van der Waals surface area contributed by atoms with Crippen LogP contribution in [0.25, 0.3) is 0 Å². The van der Waals surface area contributed by atoms with Crippen molar-refractivity contribution in [2.75, 3.05) is 52.2 Å². The quantitative estimate of drug-likeness (QED) is 0.584. The second-order valence-corrected chi connectivity index (χ2v) is 9.32. The molecule has 2 heterocycles. The number of hydrogen-bond donors (Lipinski definition) is 2. The maximum Gasteiger partial charge on any atom is 0.253 e. The number of ether oxygens (including phenoxy) is 2. The standard InChI is InChI=1S/C26H33FN4O4/c1-34-24-14-23(28)19(13-22(24)25(29)32)12-21-16-30(9-10-35-21)15-17-5-7-31(8-6-17)26(33)18-3-2-4-20(27)11-18/h2-4,11,13-14,17,21H,5-10,12,15-16,28H2,1H3,(H2,29,32). The molecule has 9 heteroatoms. The highest BCUT2D eigenvalue weighted by Gasteiger charge is 2.28. The zero-order chi connectivity index (χ0) is 24.9. The maximum absolute atomic E-state index is 13.5. The number of rotatable bonds is 7. The summed E-state index contributed by atoms with van der Waals surface area (Å²) in [6, 6.07) is 9.20. The topological polar surface area (TPSA) is 111 Å². The van der Waals surface area contributed by atoms with Gasteiger partial charge in [-0.1, -0.05) is 6.07 Å². The van der Waals surface area contributed by atoms with Crippen molar-refractivity contribution in [2.24, 2.45) is 11.7 Å². The molecule has 4 N–H and O–H groups in total. The van der Waals surface area contributed by atoms with E-state index >= 15 is 0 Å². The third-order valence-electron chi connectivity index (χ3n) is 6.89. The number of methoxy groups -OCH3 is 1. The number of halogens is 1. The number of benzene rings is 2. The van der Waals surface area contributed by atoms with Crippen LogP contribution in [0.2, 0.25) is 0 Å². The first-order valence-corrected chi connectivity index (χ1v) is 12.0. The van der Waals surface area contributed by atoms with Crippen LogP contribution in [0.5, 0.6) is 5.75 Å². The van der Waals surface area contributed by atoms with Gasteiger partial charge in [-0.2, -0.15) is 0 Å². The first-order valence-electron chi connectivity index (χ1n) is 12.0. The van der Waals surface area contributed by atoms with Gasteiger partial charge in [0, 0.05) is 56.5 Å². The fourth-order valence-corrected chi connectivity index (χ4v) is 4.98. The Balaban J connectivity index is 1.30. The van der Waals surface area contributed by atoms with Crippen molar-refractivity contribution in [2.45, 2.75) is 25.4 Å². The molecule has 0 radical (unpaired) electrons. The van der Waals surface area contributed by atoms with Gasteiger partial charge in [-0.05, 0) is 48.6 Å². The van der Waals surface area contributed by atoms with Crippen molar-refractivity contribution >= 4 is 17.5 Å². The van der Waals surface area contributed by atoms with Crippen LogP contribution in [-0.4, -0.2) is 74.2 Å². The van der Waals surface area contributed by atoms with E-state index < -0.39 is 11.7 Å². The minimum atomic E-state index is -0.559. The van der Waals surface area contributed by atoms with Crippen LogP contribution in [0, 0.1) is 11.7 Å². The van der Waals surface area contributed by atoms with Gasteiger partial charge in [0.1, 0.15) is 11.6 Å². The summed E-state index contributed by atoms with van der Waals surface area (Å²) in [5.41, 5.74) is 13.8. The van der Waals surface area contributed by atoms with Crippen molar-refractivity contribution in [3.63, 3.8) is 0 Å². The highest BCUT2D eigenvalue weighted by molar-refractivity contribution is 5.96. The molecule has 0 bridgehead atoms. The number of piperidine rings is 1. The van der Waals surface area contributed by atoms with Gasteiger partial charge in [0.25, 0.3) is 11.8 Å². The molecule has 2 amide bonds. The van der Waals surface area contributed by atoms with E-state index in [4.69, 9.17) is 20.9 Å². The number of nitrogens with zero attached hydrogens (tertiary/aromatic N) is 2. The second kappa shape index (κ2) is 11.0. The fraction of sp³-hybridized carbons (Fsp3) is 0.462. The molecule has 1 unspecified atom stereocenters. The smallest absolute Gasteiger partial charge is 0.253 e. The summed E-state index contributed by atoms with van der Waals surface area (Å²) in [6.07, 6.45) is 2.36. The van der Waals surface area contributed by atoms with E-state index in [1.54, 1.807) is 24.3 Å². The summed E-state index contributed by atoms with van der Waals surface area (Å²) in [7, 11) is 1.48. The molecule has 2 aromatic rings. The number of nitrogens with two attached hydrogens (primary N) is 2. The third kappa shape index (κ3) is 6.10. The minimum absolute atomic E-state index is 0.0465. The molecule has 188 valence electrons. The van der Waals surface area contributed by atoms with E-state index in [0.29, 0.717) is 54.6 Å². The van der Waals surface area contributed by atoms with Crippen molar-refractivity contribution in [1.29, 1.82) is 0 Å². The lowest BCUT2D eigenvalue weighted by atomic mass is 9.95. The van der Waals surface area contributed by atoms with Gasteiger partial charge in [-0.3, -0.25) is 14.5 Å². The number of likely N-dealkylation sites (tertiary alicyclic amines) is 1. The molecule has 2 aromatic carbocycles. The van der Waals surface area contributed by atoms with Crippen molar-refractivity contribution < 1.29 is 23.5 Å². The minimum Gasteiger partial charge on any atom is -0.496 e. The van der Waals surface area contributed by atoms with Gasteiger partial charge in [0.05, 0.1) is 25.4 Å². The first-order chi connectivity index (χ1) is 16.8. The molecule has 2 saturated heterocycles. The van der Waals surface area contributed by atoms with E-state index in [2.05, 4.69) is 4.90 Å². The van der Waals surface area contributed by atoms with Gasteiger partial charge >= 0.3 is 0 Å². The largest absolute Gasteiger partial charge is 0.496 e. The predicted molar refractivity (Wildman–Crippen MR) is 131 cm³/mol. The van der Waals surface area contributed by atoms with Crippen LogP contribution in [0.4, 0.5) is 10.1 Å². The van der Waals surface area contributed by atoms with Crippen molar-refractivity contribution in [3.05, 3.63) is 58.9 Å². The average molecular weight is 485 g/mol. The highest BCUT2D eigenvalue weighted by atomic mass is 19.1. The lowest BCUT2D eigenvalue weighted by Crippen LogP contribution is -2.47. The van der Waals surface area contributed by atoms with Gasteiger partial charge in [-0.15, -0.1) is 0 Å². The maximum atomic E-state index is 13.5. The van der Waals surface area contributed by atoms with Crippen molar-refractivity contribution in [3.8, 4) is 5.75 Å². The molecule has 0 aromatic heterocycles. The summed E-state index contributed by atoms with van der Waals surface area (Å²) < 4.78 is 24.7. The van der Waals surface area contributed by atoms with Crippen LogP contribution in [0.3, 0.4) is 0 Å². The molecule has 4 rings (SSSR count). The Bertz CT molecular complexity index is 1070. The van der Waals surface area contributed by atoms with Crippen LogP contribution in [0.15, 0.2) is 36.4 Å². The van der Waals surface area contributed by atoms with E-state index in [9.17, 15) is 14.0 Å². The van der Waals surface area contributed by atoms with Crippen LogP contribution in [-0.2, 0) is 11.2 Å². The molecular weight excluding hydrogens is 451 g/mol. The summed E-state index contributed by atoms with van der Waals surface area (Å²) in [5, 5.41) is 0. The Kier molecular flexibility index (Phi) is 7.87. The number of morpholine rings is 1. The first kappa shape index (κ1) is 24.9. The molecule has 2 fully saturated rings. The molecule has 8 nitrogen and oxygen atoms in total. The van der Waals surface area contributed by atoms with Gasteiger partial charge in [0.15, 0.2) is 0 Å².